The number of aryl methyl sites for hydroxylation is 1. The van der Waals surface area contributed by atoms with Gasteiger partial charge in [0.25, 0.3) is 0 Å². The molecule has 0 aliphatic rings. The standard InChI is InChI=1S/C15H18N2O3/c1-4-11-5-7-12(8-6-11)13-16-14(20-17-13)9(2)10(3)15(18)19/h5-10H,4H2,1-3H3,(H,18,19). The van der Waals surface area contributed by atoms with Gasteiger partial charge in [0.1, 0.15) is 0 Å². The summed E-state index contributed by atoms with van der Waals surface area (Å²) < 4.78 is 5.18. The van der Waals surface area contributed by atoms with Gasteiger partial charge in [0, 0.05) is 11.5 Å². The van der Waals surface area contributed by atoms with Gasteiger partial charge in [-0.1, -0.05) is 50.2 Å². The predicted molar refractivity (Wildman–Crippen MR) is 74.3 cm³/mol. The number of carbonyl (C=O) groups is 1. The fraction of sp³-hybridized carbons (Fsp3) is 0.400. The molecule has 1 N–H and O–H groups in total. The van der Waals surface area contributed by atoms with Crippen LogP contribution in [0.3, 0.4) is 0 Å². The minimum Gasteiger partial charge on any atom is -0.481 e. The number of rotatable bonds is 5. The lowest BCUT2D eigenvalue weighted by atomic mass is 9.96. The van der Waals surface area contributed by atoms with Crippen molar-refractivity contribution in [3.8, 4) is 11.4 Å². The van der Waals surface area contributed by atoms with Crippen LogP contribution in [0.15, 0.2) is 28.8 Å². The predicted octanol–water partition coefficient (Wildman–Crippen LogP) is 3.12. The summed E-state index contributed by atoms with van der Waals surface area (Å²) in [5.74, 6) is -0.902. The van der Waals surface area contributed by atoms with E-state index in [2.05, 4.69) is 17.1 Å². The van der Waals surface area contributed by atoms with Crippen LogP contribution in [-0.4, -0.2) is 21.2 Å². The lowest BCUT2D eigenvalue weighted by molar-refractivity contribution is -0.141. The summed E-state index contributed by atoms with van der Waals surface area (Å²) in [7, 11) is 0. The first-order chi connectivity index (χ1) is 9.52. The highest BCUT2D eigenvalue weighted by Crippen LogP contribution is 2.25. The van der Waals surface area contributed by atoms with E-state index >= 15 is 0 Å². The van der Waals surface area contributed by atoms with Crippen molar-refractivity contribution >= 4 is 5.97 Å². The molecule has 0 spiro atoms. The topological polar surface area (TPSA) is 76.2 Å². The monoisotopic (exact) mass is 274 g/mol. The van der Waals surface area contributed by atoms with Crippen LogP contribution in [0.1, 0.15) is 38.1 Å². The second kappa shape index (κ2) is 5.86. The summed E-state index contributed by atoms with van der Waals surface area (Å²) in [6, 6.07) is 7.93. The van der Waals surface area contributed by atoms with Gasteiger partial charge in [0.2, 0.25) is 11.7 Å². The largest absolute Gasteiger partial charge is 0.481 e. The number of carboxylic acids is 1. The Labute approximate surface area is 117 Å². The summed E-state index contributed by atoms with van der Waals surface area (Å²) in [5, 5.41) is 12.9. The van der Waals surface area contributed by atoms with Gasteiger partial charge < -0.3 is 9.63 Å². The Bertz CT molecular complexity index is 589. The molecule has 5 nitrogen and oxygen atoms in total. The van der Waals surface area contributed by atoms with Crippen LogP contribution in [-0.2, 0) is 11.2 Å². The number of aliphatic carboxylic acids is 1. The van der Waals surface area contributed by atoms with Crippen molar-refractivity contribution in [1.29, 1.82) is 0 Å². The first-order valence-electron chi connectivity index (χ1n) is 6.68. The molecule has 1 aromatic carbocycles. The Kier molecular flexibility index (Phi) is 4.17. The molecule has 1 heterocycles. The quantitative estimate of drug-likeness (QED) is 0.906. The van der Waals surface area contributed by atoms with Crippen molar-refractivity contribution in [3.05, 3.63) is 35.7 Å². The molecule has 2 aromatic rings. The minimum atomic E-state index is -0.871. The van der Waals surface area contributed by atoms with E-state index in [9.17, 15) is 4.79 Å². The number of hydrogen-bond acceptors (Lipinski definition) is 4. The molecule has 20 heavy (non-hydrogen) atoms. The van der Waals surface area contributed by atoms with E-state index in [0.717, 1.165) is 12.0 Å². The van der Waals surface area contributed by atoms with Crippen LogP contribution in [0, 0.1) is 5.92 Å². The Morgan fingerprint density at radius 2 is 1.95 bits per heavy atom. The maximum absolute atomic E-state index is 11.0. The first-order valence-corrected chi connectivity index (χ1v) is 6.68. The summed E-state index contributed by atoms with van der Waals surface area (Å²) in [4.78, 5) is 15.3. The van der Waals surface area contributed by atoms with Crippen molar-refractivity contribution in [2.75, 3.05) is 0 Å². The van der Waals surface area contributed by atoms with Crippen molar-refractivity contribution in [1.82, 2.24) is 10.1 Å². The molecule has 106 valence electrons. The van der Waals surface area contributed by atoms with Crippen LogP contribution < -0.4 is 0 Å². The van der Waals surface area contributed by atoms with Gasteiger partial charge in [0.05, 0.1) is 5.92 Å². The molecule has 0 radical (unpaired) electrons. The van der Waals surface area contributed by atoms with Gasteiger partial charge in [0.15, 0.2) is 0 Å². The molecule has 0 amide bonds. The smallest absolute Gasteiger partial charge is 0.307 e. The van der Waals surface area contributed by atoms with Crippen LogP contribution in [0.4, 0.5) is 0 Å². The molecule has 2 atom stereocenters. The van der Waals surface area contributed by atoms with Crippen LogP contribution in [0.2, 0.25) is 0 Å². The summed E-state index contributed by atoms with van der Waals surface area (Å²) in [6.07, 6.45) is 0.977. The number of aromatic nitrogens is 2. The Balaban J connectivity index is 2.21. The zero-order valence-electron chi connectivity index (χ0n) is 11.8. The van der Waals surface area contributed by atoms with Crippen LogP contribution in [0.5, 0.6) is 0 Å². The van der Waals surface area contributed by atoms with Gasteiger partial charge in [-0.2, -0.15) is 4.98 Å². The number of carboxylic acid groups (broad SMARTS) is 1. The average molecular weight is 274 g/mol. The number of nitrogens with zero attached hydrogens (tertiary/aromatic N) is 2. The summed E-state index contributed by atoms with van der Waals surface area (Å²) >= 11 is 0. The van der Waals surface area contributed by atoms with Gasteiger partial charge in [-0.25, -0.2) is 0 Å². The normalized spacial score (nSPS) is 13.9. The molecule has 0 saturated heterocycles. The molecule has 1 aromatic heterocycles. The molecule has 2 rings (SSSR count). The maximum Gasteiger partial charge on any atom is 0.307 e. The highest BCUT2D eigenvalue weighted by atomic mass is 16.5. The molecule has 0 saturated carbocycles. The molecule has 0 bridgehead atoms. The van der Waals surface area contributed by atoms with Gasteiger partial charge in [-0.3, -0.25) is 4.79 Å². The first kappa shape index (κ1) is 14.2. The Hall–Kier alpha value is -2.17. The van der Waals surface area contributed by atoms with Crippen molar-refractivity contribution < 1.29 is 14.4 Å². The van der Waals surface area contributed by atoms with Crippen molar-refractivity contribution in [2.45, 2.75) is 33.1 Å². The van der Waals surface area contributed by atoms with Gasteiger partial charge >= 0.3 is 5.97 Å². The zero-order valence-corrected chi connectivity index (χ0v) is 11.8. The number of benzene rings is 1. The number of hydrogen-bond donors (Lipinski definition) is 1. The SMILES string of the molecule is CCc1ccc(-c2noc(C(C)C(C)C(=O)O)n2)cc1. The van der Waals surface area contributed by atoms with E-state index in [1.807, 2.05) is 24.3 Å². The highest BCUT2D eigenvalue weighted by molar-refractivity contribution is 5.70. The van der Waals surface area contributed by atoms with Crippen molar-refractivity contribution in [2.24, 2.45) is 5.92 Å². The van der Waals surface area contributed by atoms with E-state index < -0.39 is 11.9 Å². The van der Waals surface area contributed by atoms with E-state index in [4.69, 9.17) is 9.63 Å². The molecule has 2 unspecified atom stereocenters. The molecule has 0 aliphatic heterocycles. The van der Waals surface area contributed by atoms with E-state index in [0.29, 0.717) is 11.7 Å². The molecule has 5 heteroatoms. The Morgan fingerprint density at radius 3 is 2.50 bits per heavy atom. The third-order valence-corrected chi connectivity index (χ3v) is 3.59. The second-order valence-electron chi connectivity index (χ2n) is 4.92. The van der Waals surface area contributed by atoms with E-state index in [-0.39, 0.29) is 5.92 Å². The van der Waals surface area contributed by atoms with Gasteiger partial charge in [-0.05, 0) is 12.0 Å². The summed E-state index contributed by atoms with van der Waals surface area (Å²) in [6.45, 7) is 5.50. The lowest BCUT2D eigenvalue weighted by Gasteiger charge is -2.10. The van der Waals surface area contributed by atoms with E-state index in [1.54, 1.807) is 13.8 Å². The van der Waals surface area contributed by atoms with Gasteiger partial charge in [-0.15, -0.1) is 0 Å². The Morgan fingerprint density at radius 1 is 1.30 bits per heavy atom. The minimum absolute atomic E-state index is 0.316. The fourth-order valence-corrected chi connectivity index (χ4v) is 1.85. The lowest BCUT2D eigenvalue weighted by Crippen LogP contribution is -2.16. The third-order valence-electron chi connectivity index (χ3n) is 3.59. The second-order valence-corrected chi connectivity index (χ2v) is 4.92. The molecular weight excluding hydrogens is 256 g/mol. The highest BCUT2D eigenvalue weighted by Gasteiger charge is 2.26. The molecular formula is C15H18N2O3. The fourth-order valence-electron chi connectivity index (χ4n) is 1.85. The summed E-state index contributed by atoms with van der Waals surface area (Å²) in [5.41, 5.74) is 2.11. The molecule has 0 fully saturated rings. The molecule has 0 aliphatic carbocycles. The average Bonchev–Trinajstić information content (AvgIpc) is 2.95. The maximum atomic E-state index is 11.0. The van der Waals surface area contributed by atoms with E-state index in [1.165, 1.54) is 5.56 Å². The van der Waals surface area contributed by atoms with Crippen molar-refractivity contribution in [3.63, 3.8) is 0 Å². The zero-order chi connectivity index (χ0) is 14.7. The van der Waals surface area contributed by atoms with Crippen LogP contribution >= 0.6 is 0 Å². The third kappa shape index (κ3) is 2.87. The van der Waals surface area contributed by atoms with Crippen LogP contribution in [0.25, 0.3) is 11.4 Å².